The van der Waals surface area contributed by atoms with Gasteiger partial charge in [-0.2, -0.15) is 0 Å². The number of anilines is 2. The Labute approximate surface area is 187 Å². The highest BCUT2D eigenvalue weighted by Gasteiger charge is 2.27. The van der Waals surface area contributed by atoms with Gasteiger partial charge in [0.05, 0.1) is 11.9 Å². The van der Waals surface area contributed by atoms with Crippen LogP contribution in [0.2, 0.25) is 5.02 Å². The lowest BCUT2D eigenvalue weighted by Crippen LogP contribution is -2.41. The predicted molar refractivity (Wildman–Crippen MR) is 122 cm³/mol. The SMILES string of the molecule is CC(Cc1cccc(Cl)c1)C(=O)N1CCC(c2cncc(Nc3ccccn3)n2)CC1. The van der Waals surface area contributed by atoms with Crippen molar-refractivity contribution in [3.05, 3.63) is 77.3 Å². The fraction of sp³-hybridized carbons (Fsp3) is 0.333. The van der Waals surface area contributed by atoms with E-state index in [0.717, 1.165) is 43.0 Å². The number of hydrogen-bond donors (Lipinski definition) is 1. The minimum atomic E-state index is -0.0688. The Balaban J connectivity index is 1.33. The molecule has 4 rings (SSSR count). The molecule has 0 saturated carbocycles. The molecule has 0 aliphatic carbocycles. The second kappa shape index (κ2) is 9.88. The fourth-order valence-electron chi connectivity index (χ4n) is 4.02. The standard InChI is InChI=1S/C24H26ClN5O/c1-17(13-18-5-4-6-20(25)14-18)24(31)30-11-8-19(9-12-30)21-15-26-16-23(28-21)29-22-7-2-3-10-27-22/h2-7,10,14-17,19H,8-9,11-13H2,1H3,(H,27,28,29). The van der Waals surface area contributed by atoms with E-state index in [1.807, 2.05) is 60.5 Å². The van der Waals surface area contributed by atoms with Gasteiger partial charge in [-0.1, -0.05) is 36.7 Å². The van der Waals surface area contributed by atoms with Gasteiger partial charge in [0.2, 0.25) is 5.91 Å². The van der Waals surface area contributed by atoms with E-state index in [2.05, 4.69) is 15.3 Å². The summed E-state index contributed by atoms with van der Waals surface area (Å²) in [4.78, 5) is 28.3. The summed E-state index contributed by atoms with van der Waals surface area (Å²) in [6, 6.07) is 13.4. The Morgan fingerprint density at radius 3 is 2.74 bits per heavy atom. The highest BCUT2D eigenvalue weighted by molar-refractivity contribution is 6.30. The number of hydrogen-bond acceptors (Lipinski definition) is 5. The molecule has 1 fully saturated rings. The van der Waals surface area contributed by atoms with Gasteiger partial charge < -0.3 is 10.2 Å². The lowest BCUT2D eigenvalue weighted by molar-refractivity contribution is -0.136. The summed E-state index contributed by atoms with van der Waals surface area (Å²) in [6.45, 7) is 3.47. The van der Waals surface area contributed by atoms with Crippen LogP contribution in [0.1, 0.15) is 36.9 Å². The van der Waals surface area contributed by atoms with E-state index in [4.69, 9.17) is 16.6 Å². The smallest absolute Gasteiger partial charge is 0.225 e. The van der Waals surface area contributed by atoms with Crippen LogP contribution in [0.25, 0.3) is 0 Å². The summed E-state index contributed by atoms with van der Waals surface area (Å²) in [7, 11) is 0. The molecule has 6 nitrogen and oxygen atoms in total. The Hall–Kier alpha value is -2.99. The molecule has 1 unspecified atom stereocenters. The molecular formula is C24H26ClN5O. The number of pyridine rings is 1. The minimum absolute atomic E-state index is 0.0688. The van der Waals surface area contributed by atoms with Gasteiger partial charge in [-0.15, -0.1) is 0 Å². The predicted octanol–water partition coefficient (Wildman–Crippen LogP) is 4.85. The van der Waals surface area contributed by atoms with Gasteiger partial charge in [0.1, 0.15) is 11.6 Å². The first-order chi connectivity index (χ1) is 15.1. The monoisotopic (exact) mass is 435 g/mol. The summed E-state index contributed by atoms with van der Waals surface area (Å²) >= 11 is 6.07. The number of aromatic nitrogens is 3. The van der Waals surface area contributed by atoms with Crippen molar-refractivity contribution in [2.45, 2.75) is 32.1 Å². The van der Waals surface area contributed by atoms with Crippen LogP contribution < -0.4 is 5.32 Å². The van der Waals surface area contributed by atoms with Gasteiger partial charge in [-0.25, -0.2) is 9.97 Å². The van der Waals surface area contributed by atoms with E-state index in [1.165, 1.54) is 0 Å². The minimum Gasteiger partial charge on any atom is -0.342 e. The maximum atomic E-state index is 12.9. The highest BCUT2D eigenvalue weighted by Crippen LogP contribution is 2.28. The summed E-state index contributed by atoms with van der Waals surface area (Å²) < 4.78 is 0. The molecule has 7 heteroatoms. The average Bonchev–Trinajstić information content (AvgIpc) is 2.79. The van der Waals surface area contributed by atoms with Crippen LogP contribution in [-0.4, -0.2) is 38.8 Å². The van der Waals surface area contributed by atoms with Crippen molar-refractivity contribution in [2.75, 3.05) is 18.4 Å². The number of likely N-dealkylation sites (tertiary alicyclic amines) is 1. The zero-order chi connectivity index (χ0) is 21.6. The van der Waals surface area contributed by atoms with Gasteiger partial charge in [-0.3, -0.25) is 9.78 Å². The first kappa shape index (κ1) is 21.2. The van der Waals surface area contributed by atoms with Crippen molar-refractivity contribution in [2.24, 2.45) is 5.92 Å². The molecule has 160 valence electrons. The summed E-state index contributed by atoms with van der Waals surface area (Å²) in [6.07, 6.45) is 7.74. The van der Waals surface area contributed by atoms with Crippen LogP contribution in [0.5, 0.6) is 0 Å². The molecule has 0 bridgehead atoms. The summed E-state index contributed by atoms with van der Waals surface area (Å²) in [5, 5.41) is 3.90. The fourth-order valence-corrected chi connectivity index (χ4v) is 4.23. The second-order valence-electron chi connectivity index (χ2n) is 8.00. The quantitative estimate of drug-likeness (QED) is 0.599. The van der Waals surface area contributed by atoms with E-state index in [9.17, 15) is 4.79 Å². The van der Waals surface area contributed by atoms with Crippen LogP contribution in [-0.2, 0) is 11.2 Å². The molecule has 1 atom stereocenters. The maximum absolute atomic E-state index is 12.9. The van der Waals surface area contributed by atoms with Crippen LogP contribution >= 0.6 is 11.6 Å². The van der Waals surface area contributed by atoms with Gasteiger partial charge in [0.25, 0.3) is 0 Å². The van der Waals surface area contributed by atoms with Crippen LogP contribution in [0.3, 0.4) is 0 Å². The van der Waals surface area contributed by atoms with E-state index < -0.39 is 0 Å². The molecule has 31 heavy (non-hydrogen) atoms. The third-order valence-corrected chi connectivity index (χ3v) is 5.89. The number of rotatable bonds is 6. The molecule has 3 heterocycles. The lowest BCUT2D eigenvalue weighted by atomic mass is 9.92. The number of carbonyl (C=O) groups excluding carboxylic acids is 1. The first-order valence-electron chi connectivity index (χ1n) is 10.6. The zero-order valence-corrected chi connectivity index (χ0v) is 18.3. The van der Waals surface area contributed by atoms with Gasteiger partial charge in [0.15, 0.2) is 0 Å². The molecule has 1 aliphatic heterocycles. The number of piperidine rings is 1. The summed E-state index contributed by atoms with van der Waals surface area (Å²) in [5.74, 6) is 1.86. The maximum Gasteiger partial charge on any atom is 0.225 e. The lowest BCUT2D eigenvalue weighted by Gasteiger charge is -2.33. The number of benzene rings is 1. The average molecular weight is 436 g/mol. The van der Waals surface area contributed by atoms with E-state index in [1.54, 1.807) is 12.4 Å². The number of nitrogens with one attached hydrogen (secondary N) is 1. The number of nitrogens with zero attached hydrogens (tertiary/aromatic N) is 4. The Morgan fingerprint density at radius 2 is 2.00 bits per heavy atom. The number of carbonyl (C=O) groups is 1. The van der Waals surface area contributed by atoms with Crippen molar-refractivity contribution in [3.63, 3.8) is 0 Å². The molecule has 1 aliphatic rings. The normalized spacial score (nSPS) is 15.5. The van der Waals surface area contributed by atoms with Gasteiger partial charge >= 0.3 is 0 Å². The van der Waals surface area contributed by atoms with Crippen LogP contribution in [0.4, 0.5) is 11.6 Å². The molecule has 2 aromatic heterocycles. The Bertz CT molecular complexity index is 1020. The molecular weight excluding hydrogens is 410 g/mol. The molecule has 0 spiro atoms. The van der Waals surface area contributed by atoms with Gasteiger partial charge in [0, 0.05) is 42.3 Å². The number of halogens is 1. The first-order valence-corrected chi connectivity index (χ1v) is 11.0. The molecule has 1 saturated heterocycles. The van der Waals surface area contributed by atoms with Crippen molar-refractivity contribution in [3.8, 4) is 0 Å². The van der Waals surface area contributed by atoms with Crippen molar-refractivity contribution >= 4 is 29.1 Å². The molecule has 0 radical (unpaired) electrons. The van der Waals surface area contributed by atoms with Crippen molar-refractivity contribution < 1.29 is 4.79 Å². The largest absolute Gasteiger partial charge is 0.342 e. The molecule has 1 aromatic carbocycles. The topological polar surface area (TPSA) is 71.0 Å². The molecule has 3 aromatic rings. The van der Waals surface area contributed by atoms with E-state index >= 15 is 0 Å². The third-order valence-electron chi connectivity index (χ3n) is 5.65. The summed E-state index contributed by atoms with van der Waals surface area (Å²) in [5.41, 5.74) is 2.05. The van der Waals surface area contributed by atoms with Gasteiger partial charge in [-0.05, 0) is 49.1 Å². The van der Waals surface area contributed by atoms with Crippen molar-refractivity contribution in [1.82, 2.24) is 19.9 Å². The van der Waals surface area contributed by atoms with E-state index in [0.29, 0.717) is 23.2 Å². The second-order valence-corrected chi connectivity index (χ2v) is 8.44. The molecule has 1 N–H and O–H groups in total. The number of amides is 1. The Morgan fingerprint density at radius 1 is 1.16 bits per heavy atom. The zero-order valence-electron chi connectivity index (χ0n) is 17.5. The van der Waals surface area contributed by atoms with Crippen molar-refractivity contribution in [1.29, 1.82) is 0 Å². The molecule has 1 amide bonds. The third kappa shape index (κ3) is 5.58. The van der Waals surface area contributed by atoms with Crippen LogP contribution in [0, 0.1) is 5.92 Å². The van der Waals surface area contributed by atoms with Crippen LogP contribution in [0.15, 0.2) is 61.1 Å². The Kier molecular flexibility index (Phi) is 6.77. The highest BCUT2D eigenvalue weighted by atomic mass is 35.5. The van der Waals surface area contributed by atoms with E-state index in [-0.39, 0.29) is 11.8 Å².